The van der Waals surface area contributed by atoms with Crippen LogP contribution in [0.15, 0.2) is 53.6 Å². The number of fused-ring (bicyclic) bond motifs is 1. The van der Waals surface area contributed by atoms with Gasteiger partial charge in [0, 0.05) is 35.1 Å². The summed E-state index contributed by atoms with van der Waals surface area (Å²) < 4.78 is 1.78. The Morgan fingerprint density at radius 1 is 0.950 bits per heavy atom. The van der Waals surface area contributed by atoms with Gasteiger partial charge in [-0.3, -0.25) is 4.98 Å². The zero-order chi connectivity index (χ0) is 13.4. The van der Waals surface area contributed by atoms with Crippen LogP contribution in [0.25, 0.3) is 28.4 Å². The first-order chi connectivity index (χ1) is 9.92. The minimum absolute atomic E-state index is 0.598. The molecule has 6 heteroatoms. The highest BCUT2D eigenvalue weighted by Gasteiger charge is 2.11. The van der Waals surface area contributed by atoms with E-state index in [1.54, 1.807) is 34.4 Å². The van der Waals surface area contributed by atoms with Gasteiger partial charge in [-0.05, 0) is 29.6 Å². The molecule has 0 amide bonds. The molecule has 96 valence electrons. The molecule has 4 rings (SSSR count). The number of pyridine rings is 1. The van der Waals surface area contributed by atoms with Crippen LogP contribution < -0.4 is 0 Å². The second-order valence-electron chi connectivity index (χ2n) is 4.23. The average Bonchev–Trinajstić information content (AvgIpc) is 3.17. The molecule has 0 bridgehead atoms. The van der Waals surface area contributed by atoms with E-state index in [-0.39, 0.29) is 0 Å². The molecule has 0 saturated carbocycles. The van der Waals surface area contributed by atoms with Gasteiger partial charge in [0.05, 0.1) is 5.69 Å². The highest BCUT2D eigenvalue weighted by atomic mass is 32.1. The van der Waals surface area contributed by atoms with Crippen molar-refractivity contribution in [1.82, 2.24) is 24.6 Å². The second-order valence-corrected chi connectivity index (χ2v) is 5.01. The smallest absolute Gasteiger partial charge is 0.253 e. The summed E-state index contributed by atoms with van der Waals surface area (Å²) in [7, 11) is 0. The fourth-order valence-corrected chi connectivity index (χ4v) is 2.70. The van der Waals surface area contributed by atoms with Crippen molar-refractivity contribution in [2.45, 2.75) is 0 Å². The summed E-state index contributed by atoms with van der Waals surface area (Å²) in [5.41, 5.74) is 3.04. The number of aromatic nitrogens is 5. The fraction of sp³-hybridized carbons (Fsp3) is 0. The van der Waals surface area contributed by atoms with Gasteiger partial charge < -0.3 is 0 Å². The molecule has 0 unspecified atom stereocenters. The van der Waals surface area contributed by atoms with Crippen molar-refractivity contribution < 1.29 is 0 Å². The fourth-order valence-electron chi connectivity index (χ4n) is 2.05. The molecule has 0 aromatic carbocycles. The third kappa shape index (κ3) is 1.78. The summed E-state index contributed by atoms with van der Waals surface area (Å²) in [5.74, 6) is 1.25. The standard InChI is InChI=1S/C14H9N5S/c1-5-15-6-2-10(1)13-17-14-16-7-3-12(19(14)18-13)11-4-8-20-9-11/h1-9H. The highest BCUT2D eigenvalue weighted by Crippen LogP contribution is 2.23. The van der Waals surface area contributed by atoms with Crippen LogP contribution in [-0.2, 0) is 0 Å². The van der Waals surface area contributed by atoms with E-state index >= 15 is 0 Å². The lowest BCUT2D eigenvalue weighted by atomic mass is 10.2. The Labute approximate surface area is 118 Å². The Balaban J connectivity index is 1.94. The first-order valence-corrected chi connectivity index (χ1v) is 7.01. The van der Waals surface area contributed by atoms with Crippen LogP contribution in [0, 0.1) is 0 Å². The molecule has 4 aromatic rings. The third-order valence-electron chi connectivity index (χ3n) is 3.00. The topological polar surface area (TPSA) is 56.0 Å². The molecular weight excluding hydrogens is 270 g/mol. The van der Waals surface area contributed by atoms with Crippen LogP contribution in [0.2, 0.25) is 0 Å². The number of hydrogen-bond acceptors (Lipinski definition) is 5. The predicted octanol–water partition coefficient (Wildman–Crippen LogP) is 2.91. The molecule has 0 fully saturated rings. The summed E-state index contributed by atoms with van der Waals surface area (Å²) in [6.07, 6.45) is 5.22. The molecule has 4 heterocycles. The molecule has 4 aromatic heterocycles. The van der Waals surface area contributed by atoms with Crippen LogP contribution in [0.3, 0.4) is 0 Å². The molecule has 0 aliphatic rings. The van der Waals surface area contributed by atoms with Crippen molar-refractivity contribution in [3.05, 3.63) is 53.6 Å². The summed E-state index contributed by atoms with van der Waals surface area (Å²) in [6, 6.07) is 7.78. The SMILES string of the molecule is c1cc(-c2nc3nccc(-c4ccsc4)n3n2)ccn1. The van der Waals surface area contributed by atoms with Gasteiger partial charge in [0.15, 0.2) is 5.82 Å². The minimum Gasteiger partial charge on any atom is -0.265 e. The van der Waals surface area contributed by atoms with E-state index in [2.05, 4.69) is 31.5 Å². The molecular formula is C14H9N5S. The Morgan fingerprint density at radius 3 is 2.65 bits per heavy atom. The van der Waals surface area contributed by atoms with Crippen molar-refractivity contribution in [3.8, 4) is 22.6 Å². The van der Waals surface area contributed by atoms with Crippen LogP contribution >= 0.6 is 11.3 Å². The number of nitrogens with zero attached hydrogens (tertiary/aromatic N) is 5. The first-order valence-electron chi connectivity index (χ1n) is 6.06. The van der Waals surface area contributed by atoms with E-state index in [1.807, 2.05) is 23.6 Å². The van der Waals surface area contributed by atoms with Crippen molar-refractivity contribution in [1.29, 1.82) is 0 Å². The van der Waals surface area contributed by atoms with Crippen LogP contribution in [0.4, 0.5) is 0 Å². The van der Waals surface area contributed by atoms with E-state index < -0.39 is 0 Å². The number of hydrogen-bond donors (Lipinski definition) is 0. The normalized spacial score (nSPS) is 11.0. The van der Waals surface area contributed by atoms with Crippen LogP contribution in [0.5, 0.6) is 0 Å². The van der Waals surface area contributed by atoms with E-state index in [0.29, 0.717) is 11.6 Å². The zero-order valence-corrected chi connectivity index (χ0v) is 11.2. The van der Waals surface area contributed by atoms with Crippen molar-refractivity contribution >= 4 is 17.1 Å². The highest BCUT2D eigenvalue weighted by molar-refractivity contribution is 7.08. The average molecular weight is 279 g/mol. The molecule has 0 N–H and O–H groups in total. The maximum atomic E-state index is 4.56. The molecule has 0 atom stereocenters. The quantitative estimate of drug-likeness (QED) is 0.566. The van der Waals surface area contributed by atoms with Gasteiger partial charge in [-0.1, -0.05) is 0 Å². The van der Waals surface area contributed by atoms with Gasteiger partial charge in [-0.15, -0.1) is 5.10 Å². The lowest BCUT2D eigenvalue weighted by Crippen LogP contribution is -1.94. The van der Waals surface area contributed by atoms with Crippen LogP contribution in [-0.4, -0.2) is 24.6 Å². The maximum absolute atomic E-state index is 4.56. The summed E-state index contributed by atoms with van der Waals surface area (Å²) in [6.45, 7) is 0. The Kier molecular flexibility index (Phi) is 2.53. The lowest BCUT2D eigenvalue weighted by Gasteiger charge is -1.99. The third-order valence-corrected chi connectivity index (χ3v) is 3.68. The Morgan fingerprint density at radius 2 is 1.85 bits per heavy atom. The number of rotatable bonds is 2. The van der Waals surface area contributed by atoms with Crippen molar-refractivity contribution in [2.75, 3.05) is 0 Å². The zero-order valence-electron chi connectivity index (χ0n) is 10.3. The van der Waals surface area contributed by atoms with E-state index in [1.165, 1.54) is 0 Å². The van der Waals surface area contributed by atoms with Gasteiger partial charge >= 0.3 is 0 Å². The molecule has 20 heavy (non-hydrogen) atoms. The molecule has 0 aliphatic carbocycles. The van der Waals surface area contributed by atoms with Gasteiger partial charge in [0.2, 0.25) is 0 Å². The molecule has 0 radical (unpaired) electrons. The van der Waals surface area contributed by atoms with Gasteiger partial charge in [0.25, 0.3) is 5.78 Å². The minimum atomic E-state index is 0.598. The molecule has 5 nitrogen and oxygen atoms in total. The number of thiophene rings is 1. The van der Waals surface area contributed by atoms with Crippen molar-refractivity contribution in [2.24, 2.45) is 0 Å². The van der Waals surface area contributed by atoms with E-state index in [9.17, 15) is 0 Å². The first kappa shape index (κ1) is 11.2. The maximum Gasteiger partial charge on any atom is 0.253 e. The summed E-state index contributed by atoms with van der Waals surface area (Å²) in [4.78, 5) is 12.8. The molecule has 0 saturated heterocycles. The van der Waals surface area contributed by atoms with Gasteiger partial charge in [-0.2, -0.15) is 20.8 Å². The van der Waals surface area contributed by atoms with Crippen LogP contribution in [0.1, 0.15) is 0 Å². The van der Waals surface area contributed by atoms with Crippen molar-refractivity contribution in [3.63, 3.8) is 0 Å². The lowest BCUT2D eigenvalue weighted by molar-refractivity contribution is 0.951. The van der Waals surface area contributed by atoms with Gasteiger partial charge in [0.1, 0.15) is 0 Å². The second kappa shape index (κ2) is 4.50. The monoisotopic (exact) mass is 279 g/mol. The van der Waals surface area contributed by atoms with E-state index in [0.717, 1.165) is 16.8 Å². The largest absolute Gasteiger partial charge is 0.265 e. The van der Waals surface area contributed by atoms with Gasteiger partial charge in [-0.25, -0.2) is 4.98 Å². The van der Waals surface area contributed by atoms with E-state index in [4.69, 9.17) is 0 Å². The molecule has 0 spiro atoms. The molecule has 0 aliphatic heterocycles. The Hall–Kier alpha value is -2.60. The summed E-state index contributed by atoms with van der Waals surface area (Å²) >= 11 is 1.66. The predicted molar refractivity (Wildman–Crippen MR) is 77.3 cm³/mol. The Bertz CT molecular complexity index is 852. The summed E-state index contributed by atoms with van der Waals surface area (Å²) in [5, 5.41) is 8.69.